The van der Waals surface area contributed by atoms with Gasteiger partial charge in [0.15, 0.2) is 15.5 Å². The van der Waals surface area contributed by atoms with E-state index in [1.54, 1.807) is 20.8 Å². The summed E-state index contributed by atoms with van der Waals surface area (Å²) in [5.74, 6) is -0.921. The Bertz CT molecular complexity index is 973. The highest BCUT2D eigenvalue weighted by atomic mass is 79.9. The van der Waals surface area contributed by atoms with Crippen LogP contribution in [0.3, 0.4) is 0 Å². The number of alkyl halides is 1. The Kier molecular flexibility index (Phi) is 8.24. The number of amides is 1. The second-order valence-corrected chi connectivity index (χ2v) is 12.7. The van der Waals surface area contributed by atoms with Crippen LogP contribution in [-0.4, -0.2) is 96.3 Å². The summed E-state index contributed by atoms with van der Waals surface area (Å²) in [6.45, 7) is 7.00. The molecule has 1 saturated carbocycles. The van der Waals surface area contributed by atoms with Crippen molar-refractivity contribution in [3.8, 4) is 0 Å². The Morgan fingerprint density at radius 1 is 1.24 bits per heavy atom. The highest BCUT2D eigenvalue weighted by Crippen LogP contribution is 2.49. The summed E-state index contributed by atoms with van der Waals surface area (Å²) in [5, 5.41) is 7.36. The lowest BCUT2D eigenvalue weighted by Gasteiger charge is -2.34. The van der Waals surface area contributed by atoms with Gasteiger partial charge in [-0.25, -0.2) is 13.2 Å². The van der Waals surface area contributed by atoms with Crippen LogP contribution in [0.4, 0.5) is 0 Å². The van der Waals surface area contributed by atoms with Crippen LogP contribution in [0.15, 0.2) is 0 Å². The van der Waals surface area contributed by atoms with Crippen LogP contribution in [0.5, 0.6) is 0 Å². The molecule has 1 aromatic heterocycles. The molecule has 0 saturated heterocycles. The number of hydrogen-bond donors (Lipinski definition) is 1. The summed E-state index contributed by atoms with van der Waals surface area (Å²) < 4.78 is 41.0. The zero-order chi connectivity index (χ0) is 24.3. The van der Waals surface area contributed by atoms with Crippen LogP contribution >= 0.6 is 15.9 Å². The molecular formula is C21H32BrN3O7S. The maximum atomic E-state index is 13.6. The van der Waals surface area contributed by atoms with Crippen LogP contribution in [0.2, 0.25) is 0 Å². The number of nitrogens with zero attached hydrogens (tertiary/aromatic N) is 2. The van der Waals surface area contributed by atoms with E-state index in [1.165, 1.54) is 4.90 Å². The van der Waals surface area contributed by atoms with Crippen molar-refractivity contribution < 1.29 is 32.2 Å². The first kappa shape index (κ1) is 26.1. The molecule has 33 heavy (non-hydrogen) atoms. The number of ether oxygens (including phenoxy) is 3. The Balaban J connectivity index is 1.66. The van der Waals surface area contributed by atoms with Gasteiger partial charge in [0.25, 0.3) is 5.91 Å². The molecule has 1 aliphatic carbocycles. The first-order valence-corrected chi connectivity index (χ1v) is 13.7. The molecule has 0 radical (unpaired) electrons. The van der Waals surface area contributed by atoms with Crippen molar-refractivity contribution in [1.82, 2.24) is 15.1 Å². The number of hydrogen-bond acceptors (Lipinski definition) is 8. The number of carbonyl (C=O) groups excluding carboxylic acids is 2. The molecule has 1 amide bonds. The first-order valence-electron chi connectivity index (χ1n) is 11.1. The standard InChI is InChI=1S/C21H32BrN3O7S/c1-4-32-19(27)17-15-5-9-25(18(26)16(15)23-24-17)13-21(6-7-21)33(28,29)20(2,3)14-31-12-11-30-10-8-22/h4-14H2,1-3H3,(H,23,24). The average molecular weight is 550 g/mol. The van der Waals surface area contributed by atoms with E-state index in [9.17, 15) is 18.0 Å². The number of H-pyrrole nitrogens is 1. The number of nitrogens with one attached hydrogen (secondary N) is 1. The predicted octanol–water partition coefficient (Wildman–Crippen LogP) is 1.74. The minimum absolute atomic E-state index is 0.0507. The van der Waals surface area contributed by atoms with Gasteiger partial charge in [0.05, 0.1) is 42.5 Å². The number of carbonyl (C=O) groups is 2. The molecule has 0 spiro atoms. The summed E-state index contributed by atoms with van der Waals surface area (Å²) in [4.78, 5) is 26.7. The van der Waals surface area contributed by atoms with E-state index in [2.05, 4.69) is 26.1 Å². The highest BCUT2D eigenvalue weighted by Gasteiger charge is 2.61. The van der Waals surface area contributed by atoms with Gasteiger partial charge >= 0.3 is 5.97 Å². The molecule has 2 heterocycles. The number of rotatable bonds is 13. The summed E-state index contributed by atoms with van der Waals surface area (Å²) in [7, 11) is -3.61. The van der Waals surface area contributed by atoms with E-state index in [1.807, 2.05) is 0 Å². The van der Waals surface area contributed by atoms with Crippen molar-refractivity contribution in [3.63, 3.8) is 0 Å². The Morgan fingerprint density at radius 3 is 2.58 bits per heavy atom. The minimum Gasteiger partial charge on any atom is -0.461 e. The maximum Gasteiger partial charge on any atom is 0.356 e. The molecule has 1 aromatic rings. The number of halogens is 1. The molecule has 0 bridgehead atoms. The molecule has 3 rings (SSSR count). The van der Waals surface area contributed by atoms with Gasteiger partial charge < -0.3 is 19.1 Å². The van der Waals surface area contributed by atoms with Crippen molar-refractivity contribution in [3.05, 3.63) is 17.0 Å². The van der Waals surface area contributed by atoms with Gasteiger partial charge in [-0.05, 0) is 40.0 Å². The first-order chi connectivity index (χ1) is 15.6. The van der Waals surface area contributed by atoms with Crippen molar-refractivity contribution in [2.24, 2.45) is 0 Å². The van der Waals surface area contributed by atoms with E-state index >= 15 is 0 Å². The molecule has 0 aromatic carbocycles. The lowest BCUT2D eigenvalue weighted by molar-refractivity contribution is 0.0464. The summed E-state index contributed by atoms with van der Waals surface area (Å²) in [6.07, 6.45) is 1.40. The molecule has 186 valence electrons. The summed E-state index contributed by atoms with van der Waals surface area (Å²) in [6, 6.07) is 0. The Labute approximate surface area is 202 Å². The smallest absolute Gasteiger partial charge is 0.356 e. The Morgan fingerprint density at radius 2 is 1.94 bits per heavy atom. The van der Waals surface area contributed by atoms with E-state index in [0.717, 1.165) is 5.33 Å². The van der Waals surface area contributed by atoms with Gasteiger partial charge in [-0.1, -0.05) is 15.9 Å². The van der Waals surface area contributed by atoms with Crippen LogP contribution in [0, 0.1) is 0 Å². The zero-order valence-electron chi connectivity index (χ0n) is 19.3. The number of fused-ring (bicyclic) bond motifs is 1. The normalized spacial score (nSPS) is 17.7. The lowest BCUT2D eigenvalue weighted by atomic mass is 10.0. The fraction of sp³-hybridized carbons (Fsp3) is 0.762. The van der Waals surface area contributed by atoms with E-state index in [-0.39, 0.29) is 37.1 Å². The average Bonchev–Trinajstić information content (AvgIpc) is 3.43. The van der Waals surface area contributed by atoms with Crippen LogP contribution in [0.1, 0.15) is 60.2 Å². The van der Waals surface area contributed by atoms with Crippen LogP contribution < -0.4 is 0 Å². The molecule has 1 N–H and O–H groups in total. The largest absolute Gasteiger partial charge is 0.461 e. The molecule has 1 fully saturated rings. The fourth-order valence-electron chi connectivity index (χ4n) is 4.06. The third-order valence-corrected chi connectivity index (χ3v) is 9.67. The SMILES string of the molecule is CCOC(=O)c1[nH]nc2c1CCN(CC1(S(=O)(=O)C(C)(C)COCCOCCBr)CC1)C2=O. The molecule has 0 atom stereocenters. The van der Waals surface area contributed by atoms with E-state index in [0.29, 0.717) is 51.2 Å². The monoisotopic (exact) mass is 549 g/mol. The molecule has 12 heteroatoms. The highest BCUT2D eigenvalue weighted by molar-refractivity contribution is 9.09. The van der Waals surface area contributed by atoms with Crippen molar-refractivity contribution in [2.45, 2.75) is 49.5 Å². The number of aromatic amines is 1. The number of sulfone groups is 1. The second kappa shape index (κ2) is 10.4. The number of aromatic nitrogens is 2. The van der Waals surface area contributed by atoms with Crippen LogP contribution in [-0.2, 0) is 30.5 Å². The quantitative estimate of drug-likeness (QED) is 0.224. The molecular weight excluding hydrogens is 518 g/mol. The van der Waals surface area contributed by atoms with E-state index < -0.39 is 25.3 Å². The molecule has 10 nitrogen and oxygen atoms in total. The minimum atomic E-state index is -3.61. The maximum absolute atomic E-state index is 13.6. The van der Waals surface area contributed by atoms with Crippen molar-refractivity contribution >= 4 is 37.6 Å². The zero-order valence-corrected chi connectivity index (χ0v) is 21.7. The molecule has 0 unspecified atom stereocenters. The van der Waals surface area contributed by atoms with Crippen molar-refractivity contribution in [1.29, 1.82) is 0 Å². The van der Waals surface area contributed by atoms with Gasteiger partial charge in [-0.15, -0.1) is 0 Å². The second-order valence-electron chi connectivity index (χ2n) is 8.92. The fourth-order valence-corrected chi connectivity index (χ4v) is 6.67. The van der Waals surface area contributed by atoms with Gasteiger partial charge in [-0.3, -0.25) is 9.89 Å². The lowest BCUT2D eigenvalue weighted by Crippen LogP contribution is -2.51. The third-order valence-electron chi connectivity index (χ3n) is 6.10. The van der Waals surface area contributed by atoms with Gasteiger partial charge in [0, 0.05) is 24.0 Å². The molecule has 1 aliphatic heterocycles. The van der Waals surface area contributed by atoms with Gasteiger partial charge in [0.1, 0.15) is 5.69 Å². The van der Waals surface area contributed by atoms with Crippen molar-refractivity contribution in [2.75, 3.05) is 51.5 Å². The van der Waals surface area contributed by atoms with Crippen LogP contribution in [0.25, 0.3) is 0 Å². The summed E-state index contributed by atoms with van der Waals surface area (Å²) >= 11 is 3.27. The van der Waals surface area contributed by atoms with Gasteiger partial charge in [-0.2, -0.15) is 5.10 Å². The topological polar surface area (TPSA) is 128 Å². The molecule has 2 aliphatic rings. The van der Waals surface area contributed by atoms with E-state index in [4.69, 9.17) is 14.2 Å². The summed E-state index contributed by atoms with van der Waals surface area (Å²) in [5.41, 5.74) is 0.869. The predicted molar refractivity (Wildman–Crippen MR) is 125 cm³/mol. The third kappa shape index (κ3) is 5.28. The number of esters is 1. The van der Waals surface area contributed by atoms with Gasteiger partial charge in [0.2, 0.25) is 0 Å². The Hall–Kier alpha value is -1.50.